The molecule has 0 saturated carbocycles. The monoisotopic (exact) mass is 373 g/mol. The van der Waals surface area contributed by atoms with E-state index in [1.807, 2.05) is 11.8 Å². The van der Waals surface area contributed by atoms with Crippen molar-refractivity contribution < 1.29 is 13.7 Å². The van der Waals surface area contributed by atoms with E-state index < -0.39 is 22.7 Å². The van der Waals surface area contributed by atoms with E-state index in [-0.39, 0.29) is 18.7 Å². The van der Waals surface area contributed by atoms with Crippen molar-refractivity contribution in [1.29, 1.82) is 5.41 Å². The standard InChI is InChI=1S/C14H20FN3O2S.C2H4S/c15-12-7-10(13(17)8-11(19)9-16)1-2-14(12)18-3-5-21(20)6-4-18;1-2-3/h1-2,7,11,17,19H,3-6,8-9,16H2;2H,1H3. The van der Waals surface area contributed by atoms with Gasteiger partial charge in [-0.3, -0.25) is 4.21 Å². The van der Waals surface area contributed by atoms with Gasteiger partial charge in [-0.1, -0.05) is 18.3 Å². The zero-order valence-corrected chi connectivity index (χ0v) is 15.3. The van der Waals surface area contributed by atoms with Gasteiger partial charge in [-0.15, -0.1) is 0 Å². The molecule has 1 aromatic rings. The number of anilines is 1. The average molecular weight is 374 g/mol. The van der Waals surface area contributed by atoms with Crippen molar-refractivity contribution in [3.8, 4) is 0 Å². The molecule has 0 aliphatic carbocycles. The predicted octanol–water partition coefficient (Wildman–Crippen LogP) is 1.48. The van der Waals surface area contributed by atoms with Crippen LogP contribution in [0.1, 0.15) is 18.9 Å². The van der Waals surface area contributed by atoms with E-state index in [2.05, 4.69) is 12.2 Å². The topological polar surface area (TPSA) is 90.4 Å². The number of nitrogens with zero attached hydrogens (tertiary/aromatic N) is 1. The molecule has 1 heterocycles. The van der Waals surface area contributed by atoms with Gasteiger partial charge in [0.1, 0.15) is 5.82 Å². The van der Waals surface area contributed by atoms with E-state index in [0.29, 0.717) is 35.8 Å². The summed E-state index contributed by atoms with van der Waals surface area (Å²) in [5, 5.41) is 18.9. The fraction of sp³-hybridized carbons (Fsp3) is 0.500. The summed E-state index contributed by atoms with van der Waals surface area (Å²) < 4.78 is 25.5. The fourth-order valence-corrected chi connectivity index (χ4v) is 3.32. The molecule has 1 fully saturated rings. The first-order chi connectivity index (χ1) is 11.4. The summed E-state index contributed by atoms with van der Waals surface area (Å²) in [6.45, 7) is 3.04. The SMILES string of the molecule is CC=S.N=C(CC(O)CN)c1ccc(N2CCS(=O)CC2)c(F)c1. The van der Waals surface area contributed by atoms with Crippen LogP contribution in [-0.4, -0.2) is 57.6 Å². The number of hydrogen-bond donors (Lipinski definition) is 3. The molecule has 0 aromatic heterocycles. The molecule has 1 aliphatic heterocycles. The number of rotatable bonds is 5. The van der Waals surface area contributed by atoms with Crippen LogP contribution in [-0.2, 0) is 10.8 Å². The minimum absolute atomic E-state index is 0.0772. The van der Waals surface area contributed by atoms with Crippen LogP contribution in [0.5, 0.6) is 0 Å². The summed E-state index contributed by atoms with van der Waals surface area (Å²) in [4.78, 5) is 1.87. The Morgan fingerprint density at radius 3 is 2.62 bits per heavy atom. The summed E-state index contributed by atoms with van der Waals surface area (Å²) in [5.74, 6) is 0.714. The normalized spacial score (nSPS) is 16.1. The largest absolute Gasteiger partial charge is 0.391 e. The van der Waals surface area contributed by atoms with Crippen LogP contribution >= 0.6 is 12.2 Å². The lowest BCUT2D eigenvalue weighted by Crippen LogP contribution is -2.38. The van der Waals surface area contributed by atoms with E-state index in [1.54, 1.807) is 17.5 Å². The molecule has 0 spiro atoms. The molecule has 2 rings (SSSR count). The first-order valence-corrected chi connectivity index (χ1v) is 9.64. The number of aliphatic hydroxyl groups is 1. The average Bonchev–Trinajstić information content (AvgIpc) is 2.56. The second-order valence-corrected chi connectivity index (χ2v) is 7.48. The van der Waals surface area contributed by atoms with Crippen molar-refractivity contribution in [3.05, 3.63) is 29.6 Å². The predicted molar refractivity (Wildman–Crippen MR) is 102 cm³/mol. The van der Waals surface area contributed by atoms with Gasteiger partial charge in [-0.25, -0.2) is 4.39 Å². The minimum atomic E-state index is -0.799. The summed E-state index contributed by atoms with van der Waals surface area (Å²) in [5.41, 5.74) is 6.40. The van der Waals surface area contributed by atoms with E-state index in [9.17, 15) is 13.7 Å². The number of halogens is 1. The second-order valence-electron chi connectivity index (χ2n) is 5.31. The summed E-state index contributed by atoms with van der Waals surface area (Å²) in [7, 11) is -0.799. The van der Waals surface area contributed by atoms with Crippen LogP contribution in [0, 0.1) is 11.2 Å². The first-order valence-electron chi connectivity index (χ1n) is 7.68. The second kappa shape index (κ2) is 10.6. The van der Waals surface area contributed by atoms with Crippen LogP contribution in [0.3, 0.4) is 0 Å². The van der Waals surface area contributed by atoms with Gasteiger partial charge in [0.05, 0.1) is 11.8 Å². The Morgan fingerprint density at radius 1 is 1.54 bits per heavy atom. The van der Waals surface area contributed by atoms with Crippen molar-refractivity contribution in [1.82, 2.24) is 0 Å². The molecule has 8 heteroatoms. The molecule has 1 aliphatic rings. The first kappa shape index (κ1) is 20.8. The minimum Gasteiger partial charge on any atom is -0.391 e. The lowest BCUT2D eigenvalue weighted by Gasteiger charge is -2.28. The zero-order valence-electron chi connectivity index (χ0n) is 13.7. The molecule has 134 valence electrons. The number of nitrogens with one attached hydrogen (secondary N) is 1. The fourth-order valence-electron chi connectivity index (χ4n) is 2.27. The summed E-state index contributed by atoms with van der Waals surface area (Å²) in [6, 6.07) is 4.63. The van der Waals surface area contributed by atoms with E-state index in [1.165, 1.54) is 6.07 Å². The molecule has 5 nitrogen and oxygen atoms in total. The van der Waals surface area contributed by atoms with E-state index in [0.717, 1.165) is 0 Å². The maximum Gasteiger partial charge on any atom is 0.147 e. The highest BCUT2D eigenvalue weighted by atomic mass is 32.2. The summed E-state index contributed by atoms with van der Waals surface area (Å²) in [6.07, 6.45) is -0.671. The lowest BCUT2D eigenvalue weighted by molar-refractivity contribution is 0.191. The van der Waals surface area contributed by atoms with Crippen molar-refractivity contribution in [2.24, 2.45) is 5.73 Å². The van der Waals surface area contributed by atoms with Crippen molar-refractivity contribution in [2.75, 3.05) is 36.0 Å². The lowest BCUT2D eigenvalue weighted by atomic mass is 10.0. The third-order valence-corrected chi connectivity index (χ3v) is 4.80. The molecule has 1 atom stereocenters. The van der Waals surface area contributed by atoms with E-state index in [4.69, 9.17) is 11.1 Å². The van der Waals surface area contributed by atoms with Crippen LogP contribution in [0.25, 0.3) is 0 Å². The van der Waals surface area contributed by atoms with Gasteiger partial charge < -0.3 is 21.1 Å². The number of benzene rings is 1. The Bertz CT molecular complexity index is 589. The smallest absolute Gasteiger partial charge is 0.147 e. The molecular formula is C16H24FN3O2S2. The number of nitrogens with two attached hydrogens (primary N) is 1. The maximum absolute atomic E-state index is 14.2. The molecular weight excluding hydrogens is 349 g/mol. The molecule has 1 saturated heterocycles. The highest BCUT2D eigenvalue weighted by molar-refractivity contribution is 7.85. The molecule has 0 bridgehead atoms. The third-order valence-electron chi connectivity index (χ3n) is 3.53. The third kappa shape index (κ3) is 6.35. The van der Waals surface area contributed by atoms with Gasteiger partial charge in [0.2, 0.25) is 0 Å². The van der Waals surface area contributed by atoms with Gasteiger partial charge in [0, 0.05) is 54.1 Å². The quantitative estimate of drug-likeness (QED) is 0.537. The Balaban J connectivity index is 0.000000891. The van der Waals surface area contributed by atoms with Gasteiger partial charge in [0.25, 0.3) is 0 Å². The Hall–Kier alpha value is -1.22. The molecule has 4 N–H and O–H groups in total. The highest BCUT2D eigenvalue weighted by Crippen LogP contribution is 2.22. The van der Waals surface area contributed by atoms with Crippen molar-refractivity contribution >= 4 is 39.8 Å². The Morgan fingerprint density at radius 2 is 2.12 bits per heavy atom. The summed E-state index contributed by atoms with van der Waals surface area (Å²) >= 11 is 4.27. The van der Waals surface area contributed by atoms with E-state index >= 15 is 0 Å². The molecule has 1 unspecified atom stereocenters. The highest BCUT2D eigenvalue weighted by Gasteiger charge is 2.19. The van der Waals surface area contributed by atoms with Gasteiger partial charge >= 0.3 is 0 Å². The van der Waals surface area contributed by atoms with Crippen LogP contribution in [0.15, 0.2) is 18.2 Å². The van der Waals surface area contributed by atoms with Crippen molar-refractivity contribution in [3.63, 3.8) is 0 Å². The van der Waals surface area contributed by atoms with Gasteiger partial charge in [-0.2, -0.15) is 0 Å². The number of aliphatic hydroxyl groups excluding tert-OH is 1. The van der Waals surface area contributed by atoms with Crippen molar-refractivity contribution in [2.45, 2.75) is 19.4 Å². The Labute approximate surface area is 150 Å². The maximum atomic E-state index is 14.2. The number of thiocarbonyl (C=S) groups is 1. The number of hydrogen-bond acceptors (Lipinski definition) is 6. The van der Waals surface area contributed by atoms with Gasteiger partial charge in [-0.05, 0) is 30.0 Å². The van der Waals surface area contributed by atoms with Crippen LogP contribution in [0.2, 0.25) is 0 Å². The Kier molecular flexibility index (Phi) is 9.20. The molecule has 0 amide bonds. The molecule has 1 aromatic carbocycles. The molecule has 0 radical (unpaired) electrons. The van der Waals surface area contributed by atoms with Crippen LogP contribution in [0.4, 0.5) is 10.1 Å². The van der Waals surface area contributed by atoms with Crippen LogP contribution < -0.4 is 10.6 Å². The zero-order chi connectivity index (χ0) is 18.1. The molecule has 24 heavy (non-hydrogen) atoms. The van der Waals surface area contributed by atoms with Gasteiger partial charge in [0.15, 0.2) is 0 Å².